The molecule has 25 heavy (non-hydrogen) atoms. The topological polar surface area (TPSA) is 133 Å². The average molecular weight is 359 g/mol. The SMILES string of the molecule is CC(C)(C)OC(=O)N[C@@H](CCn1oc(=O)[nH]c1=O)C(=O)OC(C)(C)C. The number of aromatic nitrogens is 2. The predicted molar refractivity (Wildman–Crippen MR) is 87.2 cm³/mol. The molecule has 1 aromatic rings. The van der Waals surface area contributed by atoms with Crippen LogP contribution in [0.3, 0.4) is 0 Å². The van der Waals surface area contributed by atoms with Crippen LogP contribution in [0.4, 0.5) is 4.79 Å². The molecule has 0 bridgehead atoms. The Labute approximate surface area is 144 Å². The number of nitrogens with one attached hydrogen (secondary N) is 2. The Balaban J connectivity index is 2.85. The summed E-state index contributed by atoms with van der Waals surface area (Å²) in [7, 11) is 0. The van der Waals surface area contributed by atoms with E-state index in [0.717, 1.165) is 4.74 Å². The van der Waals surface area contributed by atoms with Gasteiger partial charge in [-0.05, 0) is 48.0 Å². The fourth-order valence-corrected chi connectivity index (χ4v) is 1.78. The number of H-pyrrole nitrogens is 1. The third kappa shape index (κ3) is 7.73. The fraction of sp³-hybridized carbons (Fsp3) is 0.733. The highest BCUT2D eigenvalue weighted by molar-refractivity contribution is 5.81. The highest BCUT2D eigenvalue weighted by Gasteiger charge is 2.29. The maximum Gasteiger partial charge on any atom is 0.440 e. The summed E-state index contributed by atoms with van der Waals surface area (Å²) in [4.78, 5) is 48.6. The summed E-state index contributed by atoms with van der Waals surface area (Å²) in [6.45, 7) is 9.99. The zero-order valence-corrected chi connectivity index (χ0v) is 15.3. The van der Waals surface area contributed by atoms with Crippen LogP contribution in [0.5, 0.6) is 0 Å². The molecule has 0 aromatic carbocycles. The van der Waals surface area contributed by atoms with Gasteiger partial charge in [0.1, 0.15) is 17.2 Å². The number of hydrogen-bond acceptors (Lipinski definition) is 7. The van der Waals surface area contributed by atoms with Crippen LogP contribution in [0, 0.1) is 0 Å². The molecule has 1 rings (SSSR count). The van der Waals surface area contributed by atoms with Crippen molar-refractivity contribution in [3.8, 4) is 0 Å². The molecule has 0 aliphatic rings. The van der Waals surface area contributed by atoms with E-state index in [1.54, 1.807) is 41.5 Å². The summed E-state index contributed by atoms with van der Waals surface area (Å²) in [5, 5.41) is 2.41. The lowest BCUT2D eigenvalue weighted by Crippen LogP contribution is -2.46. The molecule has 0 unspecified atom stereocenters. The number of esters is 1. The lowest BCUT2D eigenvalue weighted by molar-refractivity contribution is -0.157. The largest absolute Gasteiger partial charge is 0.458 e. The number of aryl methyl sites for hydroxylation is 1. The van der Waals surface area contributed by atoms with Crippen molar-refractivity contribution >= 4 is 12.1 Å². The minimum absolute atomic E-state index is 0.0329. The van der Waals surface area contributed by atoms with E-state index < -0.39 is 40.8 Å². The van der Waals surface area contributed by atoms with E-state index in [-0.39, 0.29) is 13.0 Å². The number of hydrogen-bond donors (Lipinski definition) is 2. The Hall–Kier alpha value is -2.52. The van der Waals surface area contributed by atoms with Gasteiger partial charge in [-0.2, -0.15) is 4.74 Å². The quantitative estimate of drug-likeness (QED) is 0.741. The second-order valence-electron chi connectivity index (χ2n) is 7.43. The summed E-state index contributed by atoms with van der Waals surface area (Å²) >= 11 is 0. The van der Waals surface area contributed by atoms with Crippen LogP contribution in [0.15, 0.2) is 14.1 Å². The Morgan fingerprint density at radius 1 is 1.12 bits per heavy atom. The minimum atomic E-state index is -1.08. The maximum atomic E-state index is 12.3. The van der Waals surface area contributed by atoms with E-state index in [4.69, 9.17) is 9.47 Å². The molecule has 10 heteroatoms. The molecular weight excluding hydrogens is 334 g/mol. The Morgan fingerprint density at radius 3 is 2.12 bits per heavy atom. The molecule has 10 nitrogen and oxygen atoms in total. The van der Waals surface area contributed by atoms with Crippen LogP contribution in [0.25, 0.3) is 0 Å². The molecule has 0 aliphatic carbocycles. The van der Waals surface area contributed by atoms with E-state index >= 15 is 0 Å². The molecule has 1 aromatic heterocycles. The van der Waals surface area contributed by atoms with E-state index in [0.29, 0.717) is 0 Å². The van der Waals surface area contributed by atoms with Crippen LogP contribution in [0.2, 0.25) is 0 Å². The van der Waals surface area contributed by atoms with Gasteiger partial charge in [0.15, 0.2) is 0 Å². The summed E-state index contributed by atoms with van der Waals surface area (Å²) in [5.74, 6) is -1.59. The number of aromatic amines is 1. The van der Waals surface area contributed by atoms with Crippen LogP contribution in [-0.4, -0.2) is 39.0 Å². The van der Waals surface area contributed by atoms with Crippen molar-refractivity contribution in [2.45, 2.75) is 71.8 Å². The molecule has 1 heterocycles. The van der Waals surface area contributed by atoms with Gasteiger partial charge in [-0.1, -0.05) is 0 Å². The third-order valence-corrected chi connectivity index (χ3v) is 2.63. The van der Waals surface area contributed by atoms with Gasteiger partial charge in [-0.25, -0.2) is 24.2 Å². The smallest absolute Gasteiger partial charge is 0.440 e. The first-order chi connectivity index (χ1) is 11.3. The van der Waals surface area contributed by atoms with E-state index in [9.17, 15) is 19.2 Å². The second kappa shape index (κ2) is 7.58. The average Bonchev–Trinajstić information content (AvgIpc) is 2.68. The number of carbonyl (C=O) groups is 2. The molecule has 0 radical (unpaired) electrons. The molecular formula is C15H25N3O7. The third-order valence-electron chi connectivity index (χ3n) is 2.63. The highest BCUT2D eigenvalue weighted by atomic mass is 16.6. The van der Waals surface area contributed by atoms with Gasteiger partial charge in [-0.3, -0.25) is 0 Å². The van der Waals surface area contributed by atoms with E-state index in [2.05, 4.69) is 9.84 Å². The zero-order valence-electron chi connectivity index (χ0n) is 15.3. The van der Waals surface area contributed by atoms with Gasteiger partial charge in [0.25, 0.3) is 0 Å². The number of rotatable bonds is 5. The number of nitrogens with zero attached hydrogens (tertiary/aromatic N) is 1. The Bertz CT molecular complexity index is 715. The molecule has 142 valence electrons. The Morgan fingerprint density at radius 2 is 1.68 bits per heavy atom. The standard InChI is InChI=1S/C15H25N3O7/c1-14(2,3)23-10(19)9(16-12(21)24-15(4,5)6)7-8-18-11(20)17-13(22)25-18/h9H,7-8H2,1-6H3,(H,16,21)(H,17,20,22)/t9-/m0/s1. The molecule has 0 saturated carbocycles. The van der Waals surface area contributed by atoms with Crippen molar-refractivity contribution in [3.05, 3.63) is 21.0 Å². The maximum absolute atomic E-state index is 12.3. The molecule has 0 fully saturated rings. The lowest BCUT2D eigenvalue weighted by atomic mass is 10.1. The van der Waals surface area contributed by atoms with Gasteiger partial charge < -0.3 is 19.3 Å². The first-order valence-corrected chi connectivity index (χ1v) is 7.80. The van der Waals surface area contributed by atoms with Crippen molar-refractivity contribution < 1.29 is 23.6 Å². The lowest BCUT2D eigenvalue weighted by Gasteiger charge is -2.26. The van der Waals surface area contributed by atoms with Gasteiger partial charge >= 0.3 is 23.5 Å². The fourth-order valence-electron chi connectivity index (χ4n) is 1.78. The van der Waals surface area contributed by atoms with Crippen molar-refractivity contribution in [2.75, 3.05) is 0 Å². The van der Waals surface area contributed by atoms with Crippen LogP contribution >= 0.6 is 0 Å². The van der Waals surface area contributed by atoms with Gasteiger partial charge in [0.2, 0.25) is 0 Å². The molecule has 1 atom stereocenters. The normalized spacial score (nSPS) is 13.2. The molecule has 0 spiro atoms. The van der Waals surface area contributed by atoms with Crippen molar-refractivity contribution in [2.24, 2.45) is 0 Å². The number of amides is 1. The zero-order chi connectivity index (χ0) is 19.4. The molecule has 1 amide bonds. The molecule has 0 saturated heterocycles. The van der Waals surface area contributed by atoms with E-state index in [1.165, 1.54) is 0 Å². The summed E-state index contributed by atoms with van der Waals surface area (Å²) in [5.41, 5.74) is -2.25. The number of ether oxygens (including phenoxy) is 2. The first-order valence-electron chi connectivity index (χ1n) is 7.80. The predicted octanol–water partition coefficient (Wildman–Crippen LogP) is 0.755. The van der Waals surface area contributed by atoms with Crippen molar-refractivity contribution in [3.63, 3.8) is 0 Å². The van der Waals surface area contributed by atoms with Crippen molar-refractivity contribution in [1.29, 1.82) is 0 Å². The van der Waals surface area contributed by atoms with Crippen LogP contribution in [-0.2, 0) is 20.8 Å². The first kappa shape index (κ1) is 20.5. The summed E-state index contributed by atoms with van der Waals surface area (Å²) in [6.07, 6.45) is -0.833. The highest BCUT2D eigenvalue weighted by Crippen LogP contribution is 2.12. The molecule has 2 N–H and O–H groups in total. The summed E-state index contributed by atoms with van der Waals surface area (Å²) in [6, 6.07) is -1.08. The number of alkyl carbamates (subject to hydrolysis) is 1. The van der Waals surface area contributed by atoms with Crippen LogP contribution in [0.1, 0.15) is 48.0 Å². The minimum Gasteiger partial charge on any atom is -0.458 e. The van der Waals surface area contributed by atoms with Crippen molar-refractivity contribution in [1.82, 2.24) is 15.0 Å². The second-order valence-corrected chi connectivity index (χ2v) is 7.43. The van der Waals surface area contributed by atoms with Gasteiger partial charge in [-0.15, -0.1) is 0 Å². The Kier molecular flexibility index (Phi) is 6.22. The monoisotopic (exact) mass is 359 g/mol. The molecule has 0 aliphatic heterocycles. The number of carbonyl (C=O) groups excluding carboxylic acids is 2. The van der Waals surface area contributed by atoms with Gasteiger partial charge in [0, 0.05) is 0 Å². The summed E-state index contributed by atoms with van der Waals surface area (Å²) < 4.78 is 15.8. The van der Waals surface area contributed by atoms with Gasteiger partial charge in [0.05, 0.1) is 6.54 Å². The van der Waals surface area contributed by atoms with Crippen LogP contribution < -0.4 is 16.8 Å². The van der Waals surface area contributed by atoms with E-state index in [1.807, 2.05) is 4.98 Å².